The average molecular weight is 241 g/mol. The Labute approximate surface area is 98.5 Å². The number of hydrogen-bond acceptors (Lipinski definition) is 5. The zero-order valence-corrected chi connectivity index (χ0v) is 10.1. The molecule has 1 aromatic heterocycles. The summed E-state index contributed by atoms with van der Waals surface area (Å²) in [6, 6.07) is 0. The fourth-order valence-corrected chi connectivity index (χ4v) is 2.90. The first-order chi connectivity index (χ1) is 7.79. The predicted molar refractivity (Wildman–Crippen MR) is 59.0 cm³/mol. The number of aromatic nitrogens is 1. The smallest absolute Gasteiger partial charge is 0.322 e. The lowest BCUT2D eigenvalue weighted by Crippen LogP contribution is -2.58. The number of thiazole rings is 1. The van der Waals surface area contributed by atoms with Crippen molar-refractivity contribution in [3.63, 3.8) is 0 Å². The van der Waals surface area contributed by atoms with Gasteiger partial charge >= 0.3 is 5.97 Å². The molecule has 4 nitrogen and oxygen atoms in total. The van der Waals surface area contributed by atoms with Crippen LogP contribution in [0, 0.1) is 5.41 Å². The van der Waals surface area contributed by atoms with Crippen molar-refractivity contribution in [1.29, 1.82) is 0 Å². The van der Waals surface area contributed by atoms with Crippen molar-refractivity contribution in [2.24, 2.45) is 5.41 Å². The lowest BCUT2D eigenvalue weighted by Gasteiger charge is -2.51. The van der Waals surface area contributed by atoms with Crippen LogP contribution in [0.2, 0.25) is 0 Å². The van der Waals surface area contributed by atoms with Gasteiger partial charge in [-0.2, -0.15) is 0 Å². The van der Waals surface area contributed by atoms with Crippen LogP contribution in [0.15, 0.2) is 10.9 Å². The largest absolute Gasteiger partial charge is 0.330 e. The molecule has 2 bridgehead atoms. The van der Waals surface area contributed by atoms with Crippen LogP contribution in [-0.4, -0.2) is 24.8 Å². The predicted octanol–water partition coefficient (Wildman–Crippen LogP) is 2.12. The van der Waals surface area contributed by atoms with E-state index in [4.69, 9.17) is 14.2 Å². The molecule has 0 N–H and O–H groups in total. The van der Waals surface area contributed by atoms with E-state index in [2.05, 4.69) is 11.9 Å². The Hall–Kier alpha value is -0.490. The van der Waals surface area contributed by atoms with Crippen LogP contribution in [0.1, 0.15) is 25.5 Å². The molecule has 88 valence electrons. The highest BCUT2D eigenvalue weighted by Gasteiger charge is 2.54. The molecule has 3 fully saturated rings. The zero-order chi connectivity index (χ0) is 11.1. The highest BCUT2D eigenvalue weighted by Crippen LogP contribution is 2.45. The van der Waals surface area contributed by atoms with Gasteiger partial charge in [0.25, 0.3) is 0 Å². The third-order valence-corrected chi connectivity index (χ3v) is 3.82. The van der Waals surface area contributed by atoms with Crippen LogP contribution in [0.25, 0.3) is 0 Å². The summed E-state index contributed by atoms with van der Waals surface area (Å²) in [7, 11) is 0. The van der Waals surface area contributed by atoms with Crippen LogP contribution in [0.3, 0.4) is 0 Å². The minimum atomic E-state index is -1.02. The van der Waals surface area contributed by atoms with Crippen molar-refractivity contribution >= 4 is 11.3 Å². The molecule has 4 heterocycles. The molecule has 0 aliphatic carbocycles. The van der Waals surface area contributed by atoms with Gasteiger partial charge < -0.3 is 14.2 Å². The maximum atomic E-state index is 5.76. The molecule has 0 amide bonds. The van der Waals surface area contributed by atoms with Gasteiger partial charge in [0.15, 0.2) is 0 Å². The van der Waals surface area contributed by atoms with Gasteiger partial charge in [-0.3, -0.25) is 0 Å². The maximum Gasteiger partial charge on any atom is 0.330 e. The molecule has 0 unspecified atom stereocenters. The van der Waals surface area contributed by atoms with Gasteiger partial charge in [-0.1, -0.05) is 13.3 Å². The molecule has 0 radical (unpaired) electrons. The fourth-order valence-electron chi connectivity index (χ4n) is 2.33. The van der Waals surface area contributed by atoms with E-state index in [1.54, 1.807) is 5.51 Å². The number of rotatable bonds is 3. The van der Waals surface area contributed by atoms with E-state index in [0.29, 0.717) is 19.8 Å². The highest BCUT2D eigenvalue weighted by molar-refractivity contribution is 7.07. The van der Waals surface area contributed by atoms with E-state index < -0.39 is 5.97 Å². The summed E-state index contributed by atoms with van der Waals surface area (Å²) in [6.07, 6.45) is 2.21. The van der Waals surface area contributed by atoms with Crippen molar-refractivity contribution in [3.8, 4) is 0 Å². The van der Waals surface area contributed by atoms with Crippen LogP contribution in [-0.2, 0) is 20.2 Å². The van der Waals surface area contributed by atoms with Gasteiger partial charge in [0.05, 0.1) is 25.3 Å². The van der Waals surface area contributed by atoms with Crippen LogP contribution in [0.5, 0.6) is 0 Å². The van der Waals surface area contributed by atoms with E-state index in [0.717, 1.165) is 18.5 Å². The second kappa shape index (κ2) is 3.77. The lowest BCUT2D eigenvalue weighted by atomic mass is 9.84. The number of fused-ring (bicyclic) bond motifs is 3. The molecule has 0 saturated carbocycles. The van der Waals surface area contributed by atoms with E-state index in [1.165, 1.54) is 11.3 Å². The molecule has 1 aromatic rings. The fraction of sp³-hybridized carbons (Fsp3) is 0.727. The Bertz CT molecular complexity index is 341. The molecule has 3 aliphatic rings. The summed E-state index contributed by atoms with van der Waals surface area (Å²) in [4.78, 5) is 4.22. The minimum absolute atomic E-state index is 0.0620. The van der Waals surface area contributed by atoms with Crippen molar-refractivity contribution in [1.82, 2.24) is 4.98 Å². The zero-order valence-electron chi connectivity index (χ0n) is 9.27. The summed E-state index contributed by atoms with van der Waals surface area (Å²) in [6.45, 7) is 4.29. The summed E-state index contributed by atoms with van der Waals surface area (Å²) >= 11 is 1.52. The standard InChI is InChI=1S/C11H15NO3S/c1-2-3-10-5-13-11(14-6-10,15-7-10)9-4-16-8-12-9/h4,8H,2-3,5-7H2,1H3. The molecule has 0 aromatic carbocycles. The molecule has 0 atom stereocenters. The van der Waals surface area contributed by atoms with Gasteiger partial charge in [0.1, 0.15) is 5.69 Å². The summed E-state index contributed by atoms with van der Waals surface area (Å²) < 4.78 is 17.3. The first-order valence-corrected chi connectivity index (χ1v) is 6.53. The van der Waals surface area contributed by atoms with Gasteiger partial charge in [-0.25, -0.2) is 4.98 Å². The van der Waals surface area contributed by atoms with Crippen molar-refractivity contribution in [2.45, 2.75) is 25.7 Å². The van der Waals surface area contributed by atoms with Crippen molar-refractivity contribution in [3.05, 3.63) is 16.6 Å². The third kappa shape index (κ3) is 1.50. The summed E-state index contributed by atoms with van der Waals surface area (Å²) in [5.41, 5.74) is 2.57. The summed E-state index contributed by atoms with van der Waals surface area (Å²) in [5, 5.41) is 1.91. The minimum Gasteiger partial charge on any atom is -0.322 e. The van der Waals surface area contributed by atoms with Crippen molar-refractivity contribution in [2.75, 3.05) is 19.8 Å². The van der Waals surface area contributed by atoms with Gasteiger partial charge in [-0.05, 0) is 6.42 Å². The molecular formula is C11H15NO3S. The number of hydrogen-bond donors (Lipinski definition) is 0. The molecule has 3 aliphatic heterocycles. The van der Waals surface area contributed by atoms with Gasteiger partial charge in [0, 0.05) is 10.8 Å². The SMILES string of the molecule is CCCC12COC(c3cscn3)(OC1)OC2. The Balaban J connectivity index is 1.81. The van der Waals surface area contributed by atoms with Gasteiger partial charge in [-0.15, -0.1) is 11.3 Å². The second-order valence-corrected chi connectivity index (χ2v) is 5.26. The maximum absolute atomic E-state index is 5.76. The van der Waals surface area contributed by atoms with Crippen LogP contribution in [0.4, 0.5) is 0 Å². The molecule has 5 heteroatoms. The topological polar surface area (TPSA) is 40.6 Å². The highest BCUT2D eigenvalue weighted by atomic mass is 32.1. The number of nitrogens with zero attached hydrogens (tertiary/aromatic N) is 1. The van der Waals surface area contributed by atoms with Crippen LogP contribution >= 0.6 is 11.3 Å². The molecule has 3 saturated heterocycles. The Kier molecular flexibility index (Phi) is 2.51. The first-order valence-electron chi connectivity index (χ1n) is 5.59. The van der Waals surface area contributed by atoms with E-state index in [9.17, 15) is 0 Å². The van der Waals surface area contributed by atoms with E-state index >= 15 is 0 Å². The quantitative estimate of drug-likeness (QED) is 0.812. The Morgan fingerprint density at radius 1 is 1.31 bits per heavy atom. The molecular weight excluding hydrogens is 226 g/mol. The van der Waals surface area contributed by atoms with E-state index in [-0.39, 0.29) is 5.41 Å². The average Bonchev–Trinajstić information content (AvgIpc) is 2.86. The Morgan fingerprint density at radius 2 is 2.00 bits per heavy atom. The third-order valence-electron chi connectivity index (χ3n) is 3.23. The molecule has 0 spiro atoms. The molecule has 16 heavy (non-hydrogen) atoms. The van der Waals surface area contributed by atoms with Gasteiger partial charge in [0.2, 0.25) is 0 Å². The monoisotopic (exact) mass is 241 g/mol. The lowest BCUT2D eigenvalue weighted by molar-refractivity contribution is -0.481. The second-order valence-electron chi connectivity index (χ2n) is 4.55. The van der Waals surface area contributed by atoms with E-state index in [1.807, 2.05) is 5.38 Å². The number of ether oxygens (including phenoxy) is 3. The van der Waals surface area contributed by atoms with Crippen molar-refractivity contribution < 1.29 is 14.2 Å². The normalized spacial score (nSPS) is 37.8. The molecule has 4 rings (SSSR count). The summed E-state index contributed by atoms with van der Waals surface area (Å²) in [5.74, 6) is -1.02. The Morgan fingerprint density at radius 3 is 2.50 bits per heavy atom. The van der Waals surface area contributed by atoms with Crippen LogP contribution < -0.4 is 0 Å². The first kappa shape index (κ1) is 10.7.